The second-order valence-corrected chi connectivity index (χ2v) is 4.30. The maximum atomic E-state index is 6.08. The van der Waals surface area contributed by atoms with Gasteiger partial charge in [-0.15, -0.1) is 0 Å². The van der Waals surface area contributed by atoms with Crippen LogP contribution >= 0.6 is 0 Å². The maximum Gasteiger partial charge on any atom is 0.122 e. The van der Waals surface area contributed by atoms with Crippen molar-refractivity contribution >= 4 is 0 Å². The predicted octanol–water partition coefficient (Wildman–Crippen LogP) is 3.06. The van der Waals surface area contributed by atoms with Crippen molar-refractivity contribution in [2.24, 2.45) is 5.73 Å². The van der Waals surface area contributed by atoms with Gasteiger partial charge in [0, 0.05) is 6.04 Å². The van der Waals surface area contributed by atoms with Gasteiger partial charge in [0.25, 0.3) is 0 Å². The molecule has 0 aliphatic heterocycles. The highest BCUT2D eigenvalue weighted by Crippen LogP contribution is 2.22. The van der Waals surface area contributed by atoms with E-state index >= 15 is 0 Å². The van der Waals surface area contributed by atoms with Crippen LogP contribution in [-0.4, -0.2) is 12.6 Å². The maximum absolute atomic E-state index is 6.08. The van der Waals surface area contributed by atoms with Gasteiger partial charge in [0.1, 0.15) is 5.75 Å². The quantitative estimate of drug-likeness (QED) is 0.801. The van der Waals surface area contributed by atoms with Crippen molar-refractivity contribution in [2.75, 3.05) is 6.61 Å². The molecule has 0 heterocycles. The van der Waals surface area contributed by atoms with Crippen LogP contribution < -0.4 is 10.5 Å². The minimum Gasteiger partial charge on any atom is -0.494 e. The number of rotatable bonds is 6. The zero-order valence-electron chi connectivity index (χ0n) is 10.6. The smallest absolute Gasteiger partial charge is 0.122 e. The van der Waals surface area contributed by atoms with E-state index in [1.54, 1.807) is 0 Å². The van der Waals surface area contributed by atoms with E-state index in [2.05, 4.69) is 26.0 Å². The van der Waals surface area contributed by atoms with Gasteiger partial charge in [-0.05, 0) is 38.3 Å². The third-order valence-corrected chi connectivity index (χ3v) is 2.66. The van der Waals surface area contributed by atoms with Gasteiger partial charge in [-0.2, -0.15) is 0 Å². The van der Waals surface area contributed by atoms with Crippen molar-refractivity contribution in [1.82, 2.24) is 0 Å². The number of aryl methyl sites for hydroxylation is 1. The van der Waals surface area contributed by atoms with Gasteiger partial charge in [0.15, 0.2) is 0 Å². The Morgan fingerprint density at radius 1 is 1.31 bits per heavy atom. The fourth-order valence-electron chi connectivity index (χ4n) is 1.92. The molecule has 0 amide bonds. The first-order valence-corrected chi connectivity index (χ1v) is 6.15. The Morgan fingerprint density at radius 2 is 2.06 bits per heavy atom. The zero-order chi connectivity index (χ0) is 12.0. The summed E-state index contributed by atoms with van der Waals surface area (Å²) in [7, 11) is 0. The lowest BCUT2D eigenvalue weighted by molar-refractivity contribution is 0.335. The van der Waals surface area contributed by atoms with Crippen LogP contribution in [0.1, 0.15) is 37.8 Å². The van der Waals surface area contributed by atoms with Crippen LogP contribution in [0.2, 0.25) is 0 Å². The van der Waals surface area contributed by atoms with E-state index in [0.29, 0.717) is 6.61 Å². The summed E-state index contributed by atoms with van der Waals surface area (Å²) in [4.78, 5) is 0. The Labute approximate surface area is 98.8 Å². The summed E-state index contributed by atoms with van der Waals surface area (Å²) < 4.78 is 5.62. The second-order valence-electron chi connectivity index (χ2n) is 4.30. The molecular formula is C14H23NO. The standard InChI is InChI=1S/C14H23NO/c1-4-6-13(15)10-12-9-11(3)7-8-14(12)16-5-2/h7-9,13H,4-6,10,15H2,1-3H3. The fraction of sp³-hybridized carbons (Fsp3) is 0.571. The molecule has 1 atom stereocenters. The summed E-state index contributed by atoms with van der Waals surface area (Å²) >= 11 is 0. The number of hydrogen-bond donors (Lipinski definition) is 1. The van der Waals surface area contributed by atoms with E-state index in [1.165, 1.54) is 11.1 Å². The van der Waals surface area contributed by atoms with Crippen molar-refractivity contribution < 1.29 is 4.74 Å². The molecule has 0 aliphatic rings. The summed E-state index contributed by atoms with van der Waals surface area (Å²) in [5.41, 5.74) is 8.58. The normalized spacial score (nSPS) is 12.5. The van der Waals surface area contributed by atoms with E-state index in [1.807, 2.05) is 13.0 Å². The molecule has 1 aromatic rings. The molecule has 1 unspecified atom stereocenters. The Hall–Kier alpha value is -1.02. The van der Waals surface area contributed by atoms with Crippen LogP contribution in [0.5, 0.6) is 5.75 Å². The number of benzene rings is 1. The molecular weight excluding hydrogens is 198 g/mol. The number of hydrogen-bond acceptors (Lipinski definition) is 2. The van der Waals surface area contributed by atoms with E-state index in [-0.39, 0.29) is 6.04 Å². The molecule has 0 radical (unpaired) electrons. The van der Waals surface area contributed by atoms with Crippen molar-refractivity contribution in [3.05, 3.63) is 29.3 Å². The minimum atomic E-state index is 0.242. The van der Waals surface area contributed by atoms with Gasteiger partial charge in [-0.1, -0.05) is 31.0 Å². The van der Waals surface area contributed by atoms with E-state index in [9.17, 15) is 0 Å². The molecule has 0 bridgehead atoms. The summed E-state index contributed by atoms with van der Waals surface area (Å²) in [6.45, 7) is 6.98. The lowest BCUT2D eigenvalue weighted by Gasteiger charge is -2.15. The van der Waals surface area contributed by atoms with Gasteiger partial charge in [-0.25, -0.2) is 0 Å². The molecule has 1 rings (SSSR count). The largest absolute Gasteiger partial charge is 0.494 e. The summed E-state index contributed by atoms with van der Waals surface area (Å²) in [5, 5.41) is 0. The molecule has 2 heteroatoms. The molecule has 0 aromatic heterocycles. The third-order valence-electron chi connectivity index (χ3n) is 2.66. The monoisotopic (exact) mass is 221 g/mol. The lowest BCUT2D eigenvalue weighted by Crippen LogP contribution is -2.22. The molecule has 2 nitrogen and oxygen atoms in total. The van der Waals surface area contributed by atoms with Crippen molar-refractivity contribution in [1.29, 1.82) is 0 Å². The van der Waals surface area contributed by atoms with Crippen LogP contribution in [0.25, 0.3) is 0 Å². The van der Waals surface area contributed by atoms with Crippen LogP contribution in [0.3, 0.4) is 0 Å². The summed E-state index contributed by atoms with van der Waals surface area (Å²) in [5.74, 6) is 0.986. The third kappa shape index (κ3) is 3.86. The summed E-state index contributed by atoms with van der Waals surface area (Å²) in [6, 6.07) is 6.55. The van der Waals surface area contributed by atoms with E-state index in [0.717, 1.165) is 25.0 Å². The SMILES string of the molecule is CCCC(N)Cc1cc(C)ccc1OCC. The molecule has 0 spiro atoms. The Balaban J connectivity index is 2.78. The first-order chi connectivity index (χ1) is 7.67. The second kappa shape index (κ2) is 6.54. The average Bonchev–Trinajstić information content (AvgIpc) is 2.22. The molecule has 0 aliphatic carbocycles. The Morgan fingerprint density at radius 3 is 2.69 bits per heavy atom. The molecule has 16 heavy (non-hydrogen) atoms. The predicted molar refractivity (Wildman–Crippen MR) is 68.9 cm³/mol. The topological polar surface area (TPSA) is 35.2 Å². The molecule has 90 valence electrons. The molecule has 1 aromatic carbocycles. The summed E-state index contributed by atoms with van der Waals surface area (Å²) in [6.07, 6.45) is 3.11. The fourth-order valence-corrected chi connectivity index (χ4v) is 1.92. The van der Waals surface area contributed by atoms with Crippen molar-refractivity contribution in [2.45, 2.75) is 46.1 Å². The number of nitrogens with two attached hydrogens (primary N) is 1. The zero-order valence-corrected chi connectivity index (χ0v) is 10.6. The Kier molecular flexibility index (Phi) is 5.33. The average molecular weight is 221 g/mol. The van der Waals surface area contributed by atoms with Crippen LogP contribution in [0.4, 0.5) is 0 Å². The highest BCUT2D eigenvalue weighted by Gasteiger charge is 2.08. The van der Waals surface area contributed by atoms with Crippen LogP contribution in [-0.2, 0) is 6.42 Å². The highest BCUT2D eigenvalue weighted by molar-refractivity contribution is 5.37. The molecule has 0 saturated heterocycles. The van der Waals surface area contributed by atoms with Gasteiger partial charge >= 0.3 is 0 Å². The van der Waals surface area contributed by atoms with Crippen molar-refractivity contribution in [3.8, 4) is 5.75 Å². The highest BCUT2D eigenvalue weighted by atomic mass is 16.5. The lowest BCUT2D eigenvalue weighted by atomic mass is 10.0. The van der Waals surface area contributed by atoms with E-state index in [4.69, 9.17) is 10.5 Å². The van der Waals surface area contributed by atoms with Gasteiger partial charge in [0.05, 0.1) is 6.61 Å². The first kappa shape index (κ1) is 13.0. The van der Waals surface area contributed by atoms with E-state index < -0.39 is 0 Å². The molecule has 2 N–H and O–H groups in total. The number of ether oxygens (including phenoxy) is 1. The Bertz CT molecular complexity index is 323. The van der Waals surface area contributed by atoms with Gasteiger partial charge in [-0.3, -0.25) is 0 Å². The van der Waals surface area contributed by atoms with Gasteiger partial charge in [0.2, 0.25) is 0 Å². The van der Waals surface area contributed by atoms with Crippen molar-refractivity contribution in [3.63, 3.8) is 0 Å². The molecule has 0 saturated carbocycles. The minimum absolute atomic E-state index is 0.242. The van der Waals surface area contributed by atoms with Crippen LogP contribution in [0, 0.1) is 6.92 Å². The first-order valence-electron chi connectivity index (χ1n) is 6.15. The van der Waals surface area contributed by atoms with Crippen LogP contribution in [0.15, 0.2) is 18.2 Å². The van der Waals surface area contributed by atoms with Gasteiger partial charge < -0.3 is 10.5 Å². The molecule has 0 fully saturated rings.